The SMILES string of the molecule is C=S1(=O)CCC(C(=O)N2CCN(c3cnc(C(F)(F)F)nc3)CC2c2ccc(Cl)s2)CC1. The zero-order valence-electron chi connectivity index (χ0n) is 17.1. The van der Waals surface area contributed by atoms with Gasteiger partial charge >= 0.3 is 6.18 Å². The van der Waals surface area contributed by atoms with Crippen LogP contribution in [0.5, 0.6) is 0 Å². The topological polar surface area (TPSA) is 66.4 Å². The van der Waals surface area contributed by atoms with Crippen LogP contribution in [0.2, 0.25) is 4.34 Å². The molecule has 0 N–H and O–H groups in total. The Kier molecular flexibility index (Phi) is 6.43. The quantitative estimate of drug-likeness (QED) is 0.593. The second kappa shape index (κ2) is 8.83. The van der Waals surface area contributed by atoms with Crippen molar-refractivity contribution in [2.45, 2.75) is 25.1 Å². The van der Waals surface area contributed by atoms with Gasteiger partial charge in [-0.15, -0.1) is 11.3 Å². The lowest BCUT2D eigenvalue weighted by atomic mass is 9.98. The van der Waals surface area contributed by atoms with Gasteiger partial charge < -0.3 is 9.80 Å². The Hall–Kier alpha value is -1.85. The Morgan fingerprint density at radius 3 is 2.41 bits per heavy atom. The lowest BCUT2D eigenvalue weighted by molar-refractivity contribution is -0.145. The number of rotatable bonds is 3. The van der Waals surface area contributed by atoms with Crippen molar-refractivity contribution in [1.29, 1.82) is 0 Å². The number of alkyl halides is 3. The van der Waals surface area contributed by atoms with Gasteiger partial charge in [0, 0.05) is 41.9 Å². The molecule has 0 aliphatic carbocycles. The van der Waals surface area contributed by atoms with Gasteiger partial charge in [0.25, 0.3) is 0 Å². The predicted molar refractivity (Wildman–Crippen MR) is 121 cm³/mol. The first-order chi connectivity index (χ1) is 15.0. The number of anilines is 1. The Bertz CT molecular complexity index is 1080. The van der Waals surface area contributed by atoms with Gasteiger partial charge in [-0.05, 0) is 40.4 Å². The van der Waals surface area contributed by atoms with Gasteiger partial charge in [-0.2, -0.15) is 13.2 Å². The fraction of sp³-hybridized carbons (Fsp3) is 0.500. The highest BCUT2D eigenvalue weighted by atomic mass is 35.5. The molecular weight excluding hydrogens is 485 g/mol. The number of halogens is 4. The van der Waals surface area contributed by atoms with E-state index in [-0.39, 0.29) is 17.9 Å². The van der Waals surface area contributed by atoms with E-state index < -0.39 is 21.5 Å². The maximum absolute atomic E-state index is 13.4. The van der Waals surface area contributed by atoms with Gasteiger partial charge in [0.15, 0.2) is 0 Å². The molecule has 174 valence electrons. The fourth-order valence-corrected chi connectivity index (χ4v) is 6.90. The number of hydrogen-bond donors (Lipinski definition) is 0. The van der Waals surface area contributed by atoms with Crippen LogP contribution in [-0.4, -0.2) is 62.0 Å². The second-order valence-electron chi connectivity index (χ2n) is 8.05. The molecule has 2 aliphatic heterocycles. The first-order valence-electron chi connectivity index (χ1n) is 10.1. The van der Waals surface area contributed by atoms with Crippen LogP contribution in [0.15, 0.2) is 24.5 Å². The summed E-state index contributed by atoms with van der Waals surface area (Å²) in [5.41, 5.74) is 0.465. The molecular formula is C20H22ClF3N4O2S2. The normalized spacial score (nSPS) is 26.9. The standard InChI is InChI=1S/C20H22ClF3N4O2S2/c1-32(30)8-4-13(5-9-32)18(29)28-7-6-27(12-15(28)16-2-3-17(21)31-16)14-10-25-19(26-11-14)20(22,23)24/h2-3,10-11,13,15H,1,4-9,12H2. The number of thiophene rings is 1. The minimum absolute atomic E-state index is 0.0118. The molecule has 1 unspecified atom stereocenters. The van der Waals surface area contributed by atoms with Crippen molar-refractivity contribution < 1.29 is 22.2 Å². The van der Waals surface area contributed by atoms with E-state index in [0.29, 0.717) is 54.0 Å². The largest absolute Gasteiger partial charge is 0.451 e. The van der Waals surface area contributed by atoms with Crippen LogP contribution in [-0.2, 0) is 20.5 Å². The number of nitrogens with zero attached hydrogens (tertiary/aromatic N) is 4. The minimum atomic E-state index is -4.60. The summed E-state index contributed by atoms with van der Waals surface area (Å²) in [5.74, 6) is 3.28. The molecule has 2 saturated heterocycles. The average molecular weight is 507 g/mol. The molecule has 12 heteroatoms. The van der Waals surface area contributed by atoms with E-state index in [2.05, 4.69) is 15.8 Å². The molecule has 2 fully saturated rings. The van der Waals surface area contributed by atoms with Crippen molar-refractivity contribution in [1.82, 2.24) is 14.9 Å². The van der Waals surface area contributed by atoms with E-state index in [1.807, 2.05) is 15.9 Å². The van der Waals surface area contributed by atoms with Crippen LogP contribution < -0.4 is 4.90 Å². The molecule has 1 amide bonds. The summed E-state index contributed by atoms with van der Waals surface area (Å²) in [4.78, 5) is 24.9. The van der Waals surface area contributed by atoms with Gasteiger partial charge in [0.2, 0.25) is 11.7 Å². The first-order valence-corrected chi connectivity index (χ1v) is 13.3. The summed E-state index contributed by atoms with van der Waals surface area (Å²) >= 11 is 7.51. The van der Waals surface area contributed by atoms with Gasteiger partial charge in [-0.25, -0.2) is 9.97 Å². The van der Waals surface area contributed by atoms with Crippen molar-refractivity contribution in [2.24, 2.45) is 5.92 Å². The number of carbonyl (C=O) groups is 1. The van der Waals surface area contributed by atoms with Gasteiger partial charge in [0.05, 0.1) is 28.5 Å². The Morgan fingerprint density at radius 2 is 1.84 bits per heavy atom. The van der Waals surface area contributed by atoms with Gasteiger partial charge in [0.1, 0.15) is 0 Å². The molecule has 4 rings (SSSR count). The summed E-state index contributed by atoms with van der Waals surface area (Å²) in [5, 5.41) is 0. The smallest absolute Gasteiger partial charge is 0.365 e. The third-order valence-electron chi connectivity index (χ3n) is 5.87. The molecule has 0 radical (unpaired) electrons. The number of amides is 1. The van der Waals surface area contributed by atoms with E-state index in [1.54, 1.807) is 6.07 Å². The lowest BCUT2D eigenvalue weighted by Gasteiger charge is -2.43. The van der Waals surface area contributed by atoms with Crippen LogP contribution in [0.3, 0.4) is 0 Å². The first kappa shape index (κ1) is 23.3. The maximum atomic E-state index is 13.4. The predicted octanol–water partition coefficient (Wildman–Crippen LogP) is 3.73. The van der Waals surface area contributed by atoms with E-state index in [9.17, 15) is 22.2 Å². The molecule has 32 heavy (non-hydrogen) atoms. The third kappa shape index (κ3) is 5.04. The third-order valence-corrected chi connectivity index (χ3v) is 9.16. The molecule has 6 nitrogen and oxygen atoms in total. The van der Waals surface area contributed by atoms with Crippen LogP contribution in [0.25, 0.3) is 0 Å². The number of hydrogen-bond acceptors (Lipinski definition) is 6. The highest BCUT2D eigenvalue weighted by Crippen LogP contribution is 2.36. The zero-order valence-corrected chi connectivity index (χ0v) is 19.4. The summed E-state index contributed by atoms with van der Waals surface area (Å²) in [6.07, 6.45) is -1.18. The molecule has 0 aromatic carbocycles. The number of carbonyl (C=O) groups excluding carboxylic acids is 1. The molecule has 0 spiro atoms. The Balaban J connectivity index is 1.55. The molecule has 2 aromatic heterocycles. The highest BCUT2D eigenvalue weighted by molar-refractivity contribution is 8.00. The van der Waals surface area contributed by atoms with E-state index >= 15 is 0 Å². The van der Waals surface area contributed by atoms with Gasteiger partial charge in [-0.3, -0.25) is 9.00 Å². The Morgan fingerprint density at radius 1 is 1.19 bits per heavy atom. The lowest BCUT2D eigenvalue weighted by Crippen LogP contribution is -2.52. The maximum Gasteiger partial charge on any atom is 0.451 e. The Labute approximate surface area is 193 Å². The molecule has 2 aromatic rings. The average Bonchev–Trinajstić information content (AvgIpc) is 3.18. The van der Waals surface area contributed by atoms with Crippen molar-refractivity contribution in [2.75, 3.05) is 36.0 Å². The monoisotopic (exact) mass is 506 g/mol. The van der Waals surface area contributed by atoms with Crippen molar-refractivity contribution in [3.63, 3.8) is 0 Å². The van der Waals surface area contributed by atoms with Crippen molar-refractivity contribution >= 4 is 49.9 Å². The zero-order chi connectivity index (χ0) is 23.1. The van der Waals surface area contributed by atoms with Gasteiger partial charge in [-0.1, -0.05) is 11.6 Å². The molecule has 1 atom stereocenters. The van der Waals surface area contributed by atoms with Crippen LogP contribution in [0, 0.1) is 5.92 Å². The highest BCUT2D eigenvalue weighted by Gasteiger charge is 2.38. The summed E-state index contributed by atoms with van der Waals surface area (Å²) in [6.45, 7) is 1.22. The van der Waals surface area contributed by atoms with E-state index in [1.165, 1.54) is 11.3 Å². The van der Waals surface area contributed by atoms with Crippen LogP contribution >= 0.6 is 22.9 Å². The summed E-state index contributed by atoms with van der Waals surface area (Å²) < 4.78 is 51.2. The summed E-state index contributed by atoms with van der Waals surface area (Å²) in [6, 6.07) is 3.33. The van der Waals surface area contributed by atoms with Crippen molar-refractivity contribution in [3.05, 3.63) is 39.6 Å². The molecule has 0 saturated carbocycles. The molecule has 0 bridgehead atoms. The summed E-state index contributed by atoms with van der Waals surface area (Å²) in [7, 11) is -2.09. The molecule has 4 heterocycles. The van der Waals surface area contributed by atoms with E-state index in [0.717, 1.165) is 17.3 Å². The number of piperazine rings is 1. The van der Waals surface area contributed by atoms with E-state index in [4.69, 9.17) is 11.6 Å². The van der Waals surface area contributed by atoms with Crippen LogP contribution in [0.1, 0.15) is 29.6 Å². The minimum Gasteiger partial charge on any atom is -0.365 e. The fourth-order valence-electron chi connectivity index (χ4n) is 4.10. The molecule has 2 aliphatic rings. The van der Waals surface area contributed by atoms with Crippen LogP contribution in [0.4, 0.5) is 18.9 Å². The van der Waals surface area contributed by atoms with Crippen molar-refractivity contribution in [3.8, 4) is 0 Å². The second-order valence-corrected chi connectivity index (χ2v) is 12.5. The number of aromatic nitrogens is 2.